The van der Waals surface area contributed by atoms with E-state index >= 15 is 0 Å². The molecule has 3 N–H and O–H groups in total. The summed E-state index contributed by atoms with van der Waals surface area (Å²) in [7, 11) is 1.26. The molecule has 1 atom stereocenters. The van der Waals surface area contributed by atoms with Crippen molar-refractivity contribution >= 4 is 11.9 Å². The average Bonchev–Trinajstić information content (AvgIpc) is 2.52. The van der Waals surface area contributed by atoms with Crippen LogP contribution in [-0.2, 0) is 16.0 Å². The Bertz CT molecular complexity index is 560. The number of esters is 1. The number of methoxy groups -OCH3 is 1. The Balaban J connectivity index is 0.00000232. The number of aliphatic carboxylic acids is 1. The number of ether oxygens (including phenoxy) is 2. The van der Waals surface area contributed by atoms with Crippen LogP contribution in [0.1, 0.15) is 42.3 Å². The minimum absolute atomic E-state index is 0.0303. The minimum atomic E-state index is -1.23. The summed E-state index contributed by atoms with van der Waals surface area (Å²) in [5, 5.41) is 8.88. The summed E-state index contributed by atoms with van der Waals surface area (Å²) in [6.07, 6.45) is -0.158. The van der Waals surface area contributed by atoms with E-state index in [1.807, 2.05) is 13.8 Å². The smallest absolute Gasteiger partial charge is 0.338 e. The molecule has 0 saturated carbocycles. The second kappa shape index (κ2) is 9.78. The second-order valence-corrected chi connectivity index (χ2v) is 4.41. The first kappa shape index (κ1) is 20.9. The number of carbonyl (C=O) groups excluding carboxylic acids is 1. The average molecular weight is 329 g/mol. The standard InChI is InChI=1S/C14H18FNO5.C2H6/c1-4-21-14(19)9-5-10(15)12(20-3)8(7(9)2)6-11(16)13(17)18;1-2/h5,11H,4,6,16H2,1-3H3,(H,17,18);1-2H3. The van der Waals surface area contributed by atoms with Crippen molar-refractivity contribution in [2.24, 2.45) is 5.73 Å². The van der Waals surface area contributed by atoms with Crippen LogP contribution in [0.2, 0.25) is 0 Å². The number of benzene rings is 1. The molecule has 0 amide bonds. The molecule has 1 aromatic rings. The highest BCUT2D eigenvalue weighted by atomic mass is 19.1. The van der Waals surface area contributed by atoms with Gasteiger partial charge in [-0.2, -0.15) is 0 Å². The van der Waals surface area contributed by atoms with Crippen LogP contribution in [0, 0.1) is 12.7 Å². The highest BCUT2D eigenvalue weighted by Crippen LogP contribution is 2.30. The normalized spacial score (nSPS) is 11.1. The van der Waals surface area contributed by atoms with Gasteiger partial charge in [-0.3, -0.25) is 4.79 Å². The van der Waals surface area contributed by atoms with Gasteiger partial charge in [-0.25, -0.2) is 9.18 Å². The number of hydrogen-bond donors (Lipinski definition) is 2. The van der Waals surface area contributed by atoms with Crippen molar-refractivity contribution in [3.8, 4) is 5.75 Å². The number of hydrogen-bond acceptors (Lipinski definition) is 5. The van der Waals surface area contributed by atoms with Crippen molar-refractivity contribution in [2.75, 3.05) is 13.7 Å². The van der Waals surface area contributed by atoms with Crippen LogP contribution in [0.5, 0.6) is 5.75 Å². The van der Waals surface area contributed by atoms with Gasteiger partial charge < -0.3 is 20.3 Å². The highest BCUT2D eigenvalue weighted by molar-refractivity contribution is 5.92. The lowest BCUT2D eigenvalue weighted by molar-refractivity contribution is -0.138. The van der Waals surface area contributed by atoms with Crippen LogP contribution in [-0.4, -0.2) is 36.8 Å². The Kier molecular flexibility index (Phi) is 8.87. The van der Waals surface area contributed by atoms with E-state index in [0.717, 1.165) is 6.07 Å². The number of carboxylic acid groups (broad SMARTS) is 1. The molecule has 0 aliphatic heterocycles. The molecule has 0 radical (unpaired) electrons. The van der Waals surface area contributed by atoms with Gasteiger partial charge >= 0.3 is 11.9 Å². The monoisotopic (exact) mass is 329 g/mol. The molecule has 0 fully saturated rings. The van der Waals surface area contributed by atoms with E-state index in [9.17, 15) is 14.0 Å². The Labute approximate surface area is 135 Å². The van der Waals surface area contributed by atoms with Crippen molar-refractivity contribution in [3.05, 3.63) is 28.6 Å². The molecule has 0 spiro atoms. The van der Waals surface area contributed by atoms with Gasteiger partial charge in [0.05, 0.1) is 19.3 Å². The molecule has 1 aromatic carbocycles. The molecular formula is C16H24FNO5. The van der Waals surface area contributed by atoms with Gasteiger partial charge in [0.15, 0.2) is 11.6 Å². The van der Waals surface area contributed by atoms with E-state index in [1.165, 1.54) is 7.11 Å². The maximum Gasteiger partial charge on any atom is 0.338 e. The third-order valence-corrected chi connectivity index (χ3v) is 3.06. The first-order valence-electron chi connectivity index (χ1n) is 7.34. The first-order chi connectivity index (χ1) is 10.8. The van der Waals surface area contributed by atoms with Crippen LogP contribution in [0.4, 0.5) is 4.39 Å². The Morgan fingerprint density at radius 3 is 2.39 bits per heavy atom. The summed E-state index contributed by atoms with van der Waals surface area (Å²) in [5.41, 5.74) is 6.15. The summed E-state index contributed by atoms with van der Waals surface area (Å²) in [6.45, 7) is 7.35. The molecule has 0 saturated heterocycles. The van der Waals surface area contributed by atoms with Gasteiger partial charge in [0.25, 0.3) is 0 Å². The first-order valence-corrected chi connectivity index (χ1v) is 7.34. The Hall–Kier alpha value is -2.15. The van der Waals surface area contributed by atoms with Gasteiger partial charge in [0.1, 0.15) is 6.04 Å². The lowest BCUT2D eigenvalue weighted by Crippen LogP contribution is -2.33. The zero-order chi connectivity index (χ0) is 18.2. The van der Waals surface area contributed by atoms with Crippen molar-refractivity contribution < 1.29 is 28.6 Å². The molecule has 1 unspecified atom stereocenters. The fourth-order valence-electron chi connectivity index (χ4n) is 1.97. The van der Waals surface area contributed by atoms with Gasteiger partial charge in [-0.05, 0) is 25.5 Å². The zero-order valence-corrected chi connectivity index (χ0v) is 14.1. The summed E-state index contributed by atoms with van der Waals surface area (Å²) in [4.78, 5) is 22.7. The van der Waals surface area contributed by atoms with Crippen molar-refractivity contribution in [1.29, 1.82) is 0 Å². The van der Waals surface area contributed by atoms with Crippen LogP contribution < -0.4 is 10.5 Å². The number of carboxylic acids is 1. The molecule has 23 heavy (non-hydrogen) atoms. The van der Waals surface area contributed by atoms with E-state index in [1.54, 1.807) is 13.8 Å². The Morgan fingerprint density at radius 2 is 1.96 bits per heavy atom. The van der Waals surface area contributed by atoms with E-state index < -0.39 is 23.8 Å². The molecule has 130 valence electrons. The molecule has 7 heteroatoms. The maximum atomic E-state index is 14.0. The van der Waals surface area contributed by atoms with E-state index in [0.29, 0.717) is 5.56 Å². The molecule has 0 heterocycles. The third kappa shape index (κ3) is 5.21. The molecule has 6 nitrogen and oxygen atoms in total. The fraction of sp³-hybridized carbons (Fsp3) is 0.500. The lowest BCUT2D eigenvalue weighted by Gasteiger charge is -2.17. The van der Waals surface area contributed by atoms with Crippen molar-refractivity contribution in [2.45, 2.75) is 40.2 Å². The number of nitrogens with two attached hydrogens (primary N) is 1. The molecule has 0 bridgehead atoms. The molecule has 0 aliphatic carbocycles. The fourth-order valence-corrected chi connectivity index (χ4v) is 1.97. The largest absolute Gasteiger partial charge is 0.493 e. The number of rotatable bonds is 6. The van der Waals surface area contributed by atoms with Gasteiger partial charge in [-0.15, -0.1) is 0 Å². The highest BCUT2D eigenvalue weighted by Gasteiger charge is 2.24. The Morgan fingerprint density at radius 1 is 1.39 bits per heavy atom. The third-order valence-electron chi connectivity index (χ3n) is 3.06. The van der Waals surface area contributed by atoms with E-state index in [2.05, 4.69) is 0 Å². The van der Waals surface area contributed by atoms with Crippen LogP contribution in [0.15, 0.2) is 6.07 Å². The van der Waals surface area contributed by atoms with Crippen LogP contribution in [0.3, 0.4) is 0 Å². The molecular weight excluding hydrogens is 305 g/mol. The van der Waals surface area contributed by atoms with E-state index in [4.69, 9.17) is 20.3 Å². The van der Waals surface area contributed by atoms with Gasteiger partial charge in [0.2, 0.25) is 0 Å². The van der Waals surface area contributed by atoms with Crippen LogP contribution in [0.25, 0.3) is 0 Å². The quantitative estimate of drug-likeness (QED) is 0.777. The molecule has 1 rings (SSSR count). The molecule has 0 aliphatic rings. The maximum absolute atomic E-state index is 14.0. The SMILES string of the molecule is CC.CCOC(=O)c1cc(F)c(OC)c(CC(N)C(=O)O)c1C. The second-order valence-electron chi connectivity index (χ2n) is 4.41. The predicted molar refractivity (Wildman–Crippen MR) is 84.3 cm³/mol. The molecule has 0 aromatic heterocycles. The van der Waals surface area contributed by atoms with Gasteiger partial charge in [-0.1, -0.05) is 13.8 Å². The number of carbonyl (C=O) groups is 2. The number of halogens is 1. The van der Waals surface area contributed by atoms with Crippen molar-refractivity contribution in [3.63, 3.8) is 0 Å². The minimum Gasteiger partial charge on any atom is -0.493 e. The summed E-state index contributed by atoms with van der Waals surface area (Å²) >= 11 is 0. The van der Waals surface area contributed by atoms with Crippen molar-refractivity contribution in [1.82, 2.24) is 0 Å². The summed E-state index contributed by atoms with van der Waals surface area (Å²) < 4.78 is 23.8. The zero-order valence-electron chi connectivity index (χ0n) is 14.1. The predicted octanol–water partition coefficient (Wildman–Crippen LogP) is 2.30. The summed E-state index contributed by atoms with van der Waals surface area (Å²) in [6, 6.07) is -0.212. The topological polar surface area (TPSA) is 98.9 Å². The van der Waals surface area contributed by atoms with Crippen LogP contribution >= 0.6 is 0 Å². The lowest BCUT2D eigenvalue weighted by atomic mass is 9.95. The van der Waals surface area contributed by atoms with Gasteiger partial charge in [0, 0.05) is 12.0 Å². The van der Waals surface area contributed by atoms with E-state index in [-0.39, 0.29) is 29.9 Å². The summed E-state index contributed by atoms with van der Waals surface area (Å²) in [5.74, 6) is -2.78.